The van der Waals surface area contributed by atoms with Crippen LogP contribution in [0.4, 0.5) is 13.6 Å². The summed E-state index contributed by atoms with van der Waals surface area (Å²) in [6.07, 6.45) is -0.492. The maximum Gasteiger partial charge on any atom is 0.408 e. The molecular formula is C31H37F2N7O4Si. The van der Waals surface area contributed by atoms with Gasteiger partial charge in [-0.05, 0) is 51.1 Å². The summed E-state index contributed by atoms with van der Waals surface area (Å²) in [4.78, 5) is 21.3. The Morgan fingerprint density at radius 2 is 1.93 bits per heavy atom. The molecule has 11 nitrogen and oxygen atoms in total. The molecule has 0 aromatic carbocycles. The van der Waals surface area contributed by atoms with Crippen LogP contribution in [0.2, 0.25) is 25.7 Å². The van der Waals surface area contributed by atoms with Crippen LogP contribution in [0.15, 0.2) is 36.7 Å². The lowest BCUT2D eigenvalue weighted by molar-refractivity contribution is 0.0460. The van der Waals surface area contributed by atoms with Gasteiger partial charge >= 0.3 is 6.09 Å². The third kappa shape index (κ3) is 6.99. The van der Waals surface area contributed by atoms with Gasteiger partial charge in [0.05, 0.1) is 23.8 Å². The molecule has 45 heavy (non-hydrogen) atoms. The van der Waals surface area contributed by atoms with E-state index in [1.807, 2.05) is 6.07 Å². The predicted octanol–water partition coefficient (Wildman–Crippen LogP) is 6.37. The molecule has 4 aromatic heterocycles. The molecule has 0 aliphatic carbocycles. The van der Waals surface area contributed by atoms with Crippen LogP contribution in [-0.4, -0.2) is 63.3 Å². The lowest BCUT2D eigenvalue weighted by Crippen LogP contribution is -2.46. The number of alkyl carbamates (subject to hydrolysis) is 1. The van der Waals surface area contributed by atoms with Crippen molar-refractivity contribution in [3.05, 3.63) is 48.0 Å². The highest BCUT2D eigenvalue weighted by Crippen LogP contribution is 2.48. The number of aromatic nitrogens is 5. The second-order valence-corrected chi connectivity index (χ2v) is 18.7. The number of fused-ring (bicyclic) bond motifs is 2. The normalized spacial score (nSPS) is 15.1. The number of carbonyl (C=O) groups excluding carboxylic acids is 1. The summed E-state index contributed by atoms with van der Waals surface area (Å²) in [5, 5.41) is 17.6. The molecule has 0 saturated carbocycles. The maximum absolute atomic E-state index is 14.9. The molecule has 1 aliphatic rings. The minimum absolute atomic E-state index is 0.00251. The molecule has 4 aromatic rings. The summed E-state index contributed by atoms with van der Waals surface area (Å²) in [5.74, 6) is 0.113. The molecule has 1 N–H and O–H groups in total. The van der Waals surface area contributed by atoms with Crippen molar-refractivity contribution >= 4 is 25.2 Å². The zero-order chi connectivity index (χ0) is 32.5. The number of nitrogens with one attached hydrogen (secondary N) is 1. The van der Waals surface area contributed by atoms with Crippen LogP contribution in [-0.2, 0) is 22.7 Å². The fourth-order valence-electron chi connectivity index (χ4n) is 5.18. The Bertz CT molecular complexity index is 1750. The van der Waals surface area contributed by atoms with Crippen molar-refractivity contribution in [2.45, 2.75) is 77.8 Å². The van der Waals surface area contributed by atoms with Crippen molar-refractivity contribution in [2.75, 3.05) is 13.2 Å². The zero-order valence-electron chi connectivity index (χ0n) is 26.2. The van der Waals surface area contributed by atoms with Gasteiger partial charge in [0.1, 0.15) is 42.0 Å². The number of hydrogen-bond donors (Lipinski definition) is 1. The van der Waals surface area contributed by atoms with E-state index in [9.17, 15) is 18.8 Å². The minimum Gasteiger partial charge on any atom is -0.475 e. The molecule has 238 valence electrons. The molecule has 0 unspecified atom stereocenters. The summed E-state index contributed by atoms with van der Waals surface area (Å²) < 4.78 is 50.4. The molecule has 5 rings (SSSR count). The van der Waals surface area contributed by atoms with E-state index in [1.54, 1.807) is 49.7 Å². The summed E-state index contributed by atoms with van der Waals surface area (Å²) in [6, 6.07) is 9.45. The van der Waals surface area contributed by atoms with Crippen LogP contribution >= 0.6 is 0 Å². The smallest absolute Gasteiger partial charge is 0.408 e. The quantitative estimate of drug-likeness (QED) is 0.166. The van der Waals surface area contributed by atoms with Crippen molar-refractivity contribution in [2.24, 2.45) is 0 Å². The van der Waals surface area contributed by atoms with E-state index in [1.165, 1.54) is 10.9 Å². The number of ether oxygens (including phenoxy) is 3. The number of rotatable bonds is 9. The Morgan fingerprint density at radius 3 is 2.62 bits per heavy atom. The standard InChI is InChI=1S/C31H37F2N7O4Si/c1-31(2,3)44-30(41)37-19-16-40-29(43-17-19)24(25(38-40)27(32)33)26-23(20-9-7-11-35-22(20)15-34)21-10-8-12-36-28(21)39(26)18-42-13-14-45(4,5)6/h7-12,19,27H,13-14,16-18H2,1-6H3,(H,37,41)/t19-/m0/s1. The second-order valence-electron chi connectivity index (χ2n) is 13.1. The average Bonchev–Trinajstić information content (AvgIpc) is 3.49. The first kappa shape index (κ1) is 32.1. The first-order chi connectivity index (χ1) is 21.3. The highest BCUT2D eigenvalue weighted by Gasteiger charge is 2.36. The van der Waals surface area contributed by atoms with Crippen LogP contribution < -0.4 is 10.1 Å². The van der Waals surface area contributed by atoms with Gasteiger partial charge in [-0.2, -0.15) is 10.4 Å². The molecule has 1 aliphatic heterocycles. The topological polar surface area (TPSA) is 129 Å². The van der Waals surface area contributed by atoms with Crippen molar-refractivity contribution in [1.82, 2.24) is 29.6 Å². The lowest BCUT2D eigenvalue weighted by Gasteiger charge is -2.27. The summed E-state index contributed by atoms with van der Waals surface area (Å²) >= 11 is 0. The molecule has 0 spiro atoms. The van der Waals surface area contributed by atoms with Crippen LogP contribution in [0.1, 0.15) is 38.6 Å². The Labute approximate surface area is 261 Å². The van der Waals surface area contributed by atoms with Gasteiger partial charge in [0.25, 0.3) is 6.43 Å². The first-order valence-electron chi connectivity index (χ1n) is 14.7. The predicted molar refractivity (Wildman–Crippen MR) is 167 cm³/mol. The summed E-state index contributed by atoms with van der Waals surface area (Å²) in [6.45, 7) is 12.5. The van der Waals surface area contributed by atoms with Crippen molar-refractivity contribution < 1.29 is 27.8 Å². The van der Waals surface area contributed by atoms with Gasteiger partial charge in [0.15, 0.2) is 0 Å². The van der Waals surface area contributed by atoms with Gasteiger partial charge in [-0.25, -0.2) is 28.2 Å². The number of hydrogen-bond acceptors (Lipinski definition) is 8. The lowest BCUT2D eigenvalue weighted by atomic mass is 9.97. The number of pyridine rings is 2. The highest BCUT2D eigenvalue weighted by molar-refractivity contribution is 6.76. The Hall–Kier alpha value is -4.35. The number of carbonyl (C=O) groups is 1. The highest BCUT2D eigenvalue weighted by atomic mass is 28.3. The number of halogens is 2. The van der Waals surface area contributed by atoms with Crippen molar-refractivity contribution in [3.8, 4) is 34.3 Å². The third-order valence-corrected chi connectivity index (χ3v) is 8.83. The third-order valence-electron chi connectivity index (χ3n) is 7.13. The van der Waals surface area contributed by atoms with Crippen molar-refractivity contribution in [1.29, 1.82) is 5.26 Å². The number of amides is 1. The summed E-state index contributed by atoms with van der Waals surface area (Å²) in [7, 11) is -1.42. The van der Waals surface area contributed by atoms with Gasteiger partial charge < -0.3 is 24.1 Å². The first-order valence-corrected chi connectivity index (χ1v) is 18.4. The molecule has 0 saturated heterocycles. The monoisotopic (exact) mass is 637 g/mol. The molecule has 1 atom stereocenters. The van der Waals surface area contributed by atoms with E-state index in [0.717, 1.165) is 6.04 Å². The van der Waals surface area contributed by atoms with Crippen LogP contribution in [0, 0.1) is 11.3 Å². The van der Waals surface area contributed by atoms with E-state index >= 15 is 0 Å². The molecule has 14 heteroatoms. The number of nitriles is 1. The SMILES string of the molecule is CC(C)(C)OC(=O)N[C@@H]1COc2c(-c3c(-c4cccnc4C#N)c4cccnc4n3COCC[Si](C)(C)C)c(C(F)F)nn2C1. The molecule has 0 bridgehead atoms. The fraction of sp³-hybridized carbons (Fsp3) is 0.452. The van der Waals surface area contributed by atoms with Gasteiger partial charge in [0.2, 0.25) is 5.88 Å². The molecular weight excluding hydrogens is 600 g/mol. The summed E-state index contributed by atoms with van der Waals surface area (Å²) in [5.41, 5.74) is 0.744. The second kappa shape index (κ2) is 12.6. The van der Waals surface area contributed by atoms with Gasteiger partial charge in [-0.15, -0.1) is 0 Å². The fourth-order valence-corrected chi connectivity index (χ4v) is 5.93. The number of alkyl halides is 2. The van der Waals surface area contributed by atoms with E-state index in [4.69, 9.17) is 14.2 Å². The largest absolute Gasteiger partial charge is 0.475 e. The minimum atomic E-state index is -2.97. The maximum atomic E-state index is 14.9. The van der Waals surface area contributed by atoms with Crippen LogP contribution in [0.5, 0.6) is 5.88 Å². The van der Waals surface area contributed by atoms with Gasteiger partial charge in [-0.3, -0.25) is 0 Å². The van der Waals surface area contributed by atoms with Crippen LogP contribution in [0.3, 0.4) is 0 Å². The Morgan fingerprint density at radius 1 is 1.20 bits per heavy atom. The molecule has 1 amide bonds. The van der Waals surface area contributed by atoms with Crippen LogP contribution in [0.25, 0.3) is 33.4 Å². The molecule has 0 fully saturated rings. The van der Waals surface area contributed by atoms with Gasteiger partial charge in [-0.1, -0.05) is 19.6 Å². The van der Waals surface area contributed by atoms with E-state index in [-0.39, 0.29) is 37.0 Å². The van der Waals surface area contributed by atoms with E-state index in [0.29, 0.717) is 34.5 Å². The molecule has 0 radical (unpaired) electrons. The Kier molecular flexibility index (Phi) is 8.95. The van der Waals surface area contributed by atoms with Crippen molar-refractivity contribution in [3.63, 3.8) is 0 Å². The van der Waals surface area contributed by atoms with E-state index < -0.39 is 37.9 Å². The number of nitrogens with zero attached hydrogens (tertiary/aromatic N) is 6. The van der Waals surface area contributed by atoms with E-state index in [2.05, 4.69) is 46.1 Å². The molecule has 5 heterocycles. The zero-order valence-corrected chi connectivity index (χ0v) is 27.2. The van der Waals surface area contributed by atoms with Gasteiger partial charge in [0, 0.05) is 43.6 Å². The Balaban J connectivity index is 1.68. The average molecular weight is 638 g/mol.